The van der Waals surface area contributed by atoms with Gasteiger partial charge in [0.2, 0.25) is 11.8 Å². The molecule has 0 spiro atoms. The zero-order chi connectivity index (χ0) is 28.4. The third-order valence-corrected chi connectivity index (χ3v) is 2.34. The van der Waals surface area contributed by atoms with Crippen LogP contribution in [-0.2, 0) is 19.2 Å². The highest BCUT2D eigenvalue weighted by atomic mass is 16.4. The van der Waals surface area contributed by atoms with Gasteiger partial charge < -0.3 is 32.7 Å². The van der Waals surface area contributed by atoms with Crippen molar-refractivity contribution in [2.75, 3.05) is 7.05 Å². The molecule has 0 aromatic heterocycles. The van der Waals surface area contributed by atoms with E-state index in [1.165, 1.54) is 19.9 Å². The summed E-state index contributed by atoms with van der Waals surface area (Å²) >= 11 is 0. The largest absolute Gasteiger partial charge is 0.480 e. The van der Waals surface area contributed by atoms with Gasteiger partial charge in [-0.15, -0.1) is 0 Å². The maximum atomic E-state index is 10.3. The Morgan fingerprint density at radius 2 is 0.970 bits per heavy atom. The molecule has 33 heavy (non-hydrogen) atoms. The Labute approximate surface area is 203 Å². The van der Waals surface area contributed by atoms with Gasteiger partial charge in [-0.25, -0.2) is 0 Å². The molecule has 0 aliphatic rings. The first kappa shape index (κ1) is 48.3. The van der Waals surface area contributed by atoms with Crippen LogP contribution < -0.4 is 22.5 Å². The number of carbonyl (C=O) groups is 4. The number of hydrogen-bond donors (Lipinski definition) is 6. The van der Waals surface area contributed by atoms with E-state index in [-0.39, 0.29) is 25.7 Å². The van der Waals surface area contributed by atoms with E-state index in [4.69, 9.17) is 27.4 Å². The van der Waals surface area contributed by atoms with Crippen LogP contribution in [0, 0.1) is 0 Å². The smallest absolute Gasteiger partial charge is 0.320 e. The predicted molar refractivity (Wildman–Crippen MR) is 139 cm³/mol. The van der Waals surface area contributed by atoms with Gasteiger partial charge in [0.1, 0.15) is 12.1 Å². The Balaban J connectivity index is -0.0000000559. The van der Waals surface area contributed by atoms with Crippen molar-refractivity contribution in [2.24, 2.45) is 17.2 Å². The maximum Gasteiger partial charge on any atom is 0.320 e. The van der Waals surface area contributed by atoms with Gasteiger partial charge in [-0.2, -0.15) is 0 Å². The molecular formula is C23H56N4O6. The second kappa shape index (κ2) is 47.5. The molecule has 0 rings (SSSR count). The maximum absolute atomic E-state index is 10.3. The molecule has 0 saturated heterocycles. The molecule has 0 aliphatic heterocycles. The number of likely N-dealkylation sites (N-methyl/N-ethyl adjacent to an activating group) is 1. The molecule has 0 radical (unpaired) electrons. The number of nitrogens with two attached hydrogens (primary N) is 3. The van der Waals surface area contributed by atoms with Crippen molar-refractivity contribution < 1.29 is 29.4 Å². The van der Waals surface area contributed by atoms with Crippen LogP contribution in [0.5, 0.6) is 0 Å². The minimum absolute atomic E-state index is 0.0213. The van der Waals surface area contributed by atoms with Crippen molar-refractivity contribution in [1.29, 1.82) is 0 Å². The number of carboxylic acid groups (broad SMARTS) is 2. The van der Waals surface area contributed by atoms with Crippen molar-refractivity contribution in [3.05, 3.63) is 0 Å². The van der Waals surface area contributed by atoms with E-state index in [9.17, 15) is 19.2 Å². The van der Waals surface area contributed by atoms with E-state index in [0.29, 0.717) is 0 Å². The molecule has 0 fully saturated rings. The molecule has 0 bridgehead atoms. The van der Waals surface area contributed by atoms with Gasteiger partial charge in [0.25, 0.3) is 0 Å². The molecule has 0 aromatic carbocycles. The molecule has 9 N–H and O–H groups in total. The second-order valence-electron chi connectivity index (χ2n) is 5.55. The first-order valence-electron chi connectivity index (χ1n) is 11.9. The van der Waals surface area contributed by atoms with Gasteiger partial charge >= 0.3 is 11.9 Å². The Morgan fingerprint density at radius 3 is 1.15 bits per heavy atom. The summed E-state index contributed by atoms with van der Waals surface area (Å²) in [5.41, 5.74) is 14.6. The fourth-order valence-electron chi connectivity index (χ4n) is 1.10. The van der Waals surface area contributed by atoms with Crippen LogP contribution in [0.25, 0.3) is 0 Å². The number of hydrogen-bond acceptors (Lipinski definition) is 6. The molecule has 204 valence electrons. The topological polar surface area (TPSA) is 199 Å². The summed E-state index contributed by atoms with van der Waals surface area (Å²) in [4.78, 5) is 40.7. The van der Waals surface area contributed by atoms with Crippen molar-refractivity contribution in [1.82, 2.24) is 5.32 Å². The highest BCUT2D eigenvalue weighted by Crippen LogP contribution is 1.95. The average molecular weight is 485 g/mol. The van der Waals surface area contributed by atoms with Crippen LogP contribution in [-0.4, -0.2) is 53.1 Å². The number of nitrogens with one attached hydrogen (secondary N) is 1. The van der Waals surface area contributed by atoms with Crippen molar-refractivity contribution >= 4 is 23.8 Å². The van der Waals surface area contributed by atoms with E-state index in [2.05, 4.69) is 33.0 Å². The number of rotatable bonds is 9. The molecule has 10 heteroatoms. The van der Waals surface area contributed by atoms with E-state index < -0.39 is 35.8 Å². The standard InChI is InChI=1S/C6H12N2O3.C5H10N2O3.2C3H8.3C2H6/c1-8-4(6(10)11)2-3-5(7)9;6-3(5(9)10)1-2-4(7)8;2*1-3-2;3*1-2/h4,8H,2-3H2,1H3,(H2,7,9)(H,10,11);3H,1-2,6H2,(H2,7,8)(H,9,10);2*3H2,1-2H3;3*1-2H3. The number of carboxylic acids is 2. The lowest BCUT2D eigenvalue weighted by Gasteiger charge is -2.08. The highest BCUT2D eigenvalue weighted by Gasteiger charge is 2.14. The van der Waals surface area contributed by atoms with Gasteiger partial charge in [-0.05, 0) is 19.9 Å². The highest BCUT2D eigenvalue weighted by molar-refractivity contribution is 5.77. The SMILES string of the molecule is CC.CC.CC.CCC.CCC.CNC(CCC(N)=O)C(=O)O.NC(=O)CCC(N)C(=O)O. The number of primary amides is 2. The fourth-order valence-corrected chi connectivity index (χ4v) is 1.10. The van der Waals surface area contributed by atoms with Crippen LogP contribution in [0.4, 0.5) is 0 Å². The zero-order valence-electron chi connectivity index (χ0n) is 23.2. The molecule has 2 unspecified atom stereocenters. The second-order valence-corrected chi connectivity index (χ2v) is 5.55. The average Bonchev–Trinajstić information content (AvgIpc) is 2.77. The summed E-state index contributed by atoms with van der Waals surface area (Å²) < 4.78 is 0. The van der Waals surface area contributed by atoms with Crippen LogP contribution in [0.3, 0.4) is 0 Å². The third-order valence-electron chi connectivity index (χ3n) is 2.34. The number of amides is 2. The Morgan fingerprint density at radius 1 is 0.697 bits per heavy atom. The molecule has 2 atom stereocenters. The summed E-state index contributed by atoms with van der Waals surface area (Å²) in [7, 11) is 1.53. The van der Waals surface area contributed by atoms with Crippen LogP contribution >= 0.6 is 0 Å². The lowest BCUT2D eigenvalue weighted by atomic mass is 10.1. The minimum Gasteiger partial charge on any atom is -0.480 e. The van der Waals surface area contributed by atoms with Gasteiger partial charge in [0, 0.05) is 12.8 Å². The predicted octanol–water partition coefficient (Wildman–Crippen LogP) is 3.50. The van der Waals surface area contributed by atoms with Gasteiger partial charge in [-0.3, -0.25) is 19.2 Å². The third kappa shape index (κ3) is 72.7. The Hall–Kier alpha value is -2.20. The van der Waals surface area contributed by atoms with Crippen LogP contribution in [0.2, 0.25) is 0 Å². The quantitative estimate of drug-likeness (QED) is 0.285. The van der Waals surface area contributed by atoms with Crippen molar-refractivity contribution in [3.8, 4) is 0 Å². The number of aliphatic carboxylic acids is 2. The lowest BCUT2D eigenvalue weighted by Crippen LogP contribution is -2.34. The molecule has 0 aromatic rings. The number of carbonyl (C=O) groups excluding carboxylic acids is 2. The Bertz CT molecular complexity index is 406. The summed E-state index contributed by atoms with van der Waals surface area (Å²) in [6.45, 7) is 20.5. The van der Waals surface area contributed by atoms with Crippen LogP contribution in [0.1, 0.15) is 108 Å². The fraction of sp³-hybridized carbons (Fsp3) is 0.826. The van der Waals surface area contributed by atoms with E-state index in [0.717, 1.165) is 0 Å². The molecule has 0 saturated carbocycles. The normalized spacial score (nSPS) is 9.58. The first-order chi connectivity index (χ1) is 15.4. The lowest BCUT2D eigenvalue weighted by molar-refractivity contribution is -0.140. The zero-order valence-corrected chi connectivity index (χ0v) is 23.2. The summed E-state index contributed by atoms with van der Waals surface area (Å²) in [5.74, 6) is -3.08. The van der Waals surface area contributed by atoms with Crippen molar-refractivity contribution in [3.63, 3.8) is 0 Å². The molecule has 0 aliphatic carbocycles. The van der Waals surface area contributed by atoms with Crippen LogP contribution in [0.15, 0.2) is 0 Å². The van der Waals surface area contributed by atoms with Gasteiger partial charge in [0.15, 0.2) is 0 Å². The van der Waals surface area contributed by atoms with E-state index in [1.807, 2.05) is 41.5 Å². The van der Waals surface area contributed by atoms with Crippen molar-refractivity contribution in [2.45, 2.75) is 120 Å². The van der Waals surface area contributed by atoms with E-state index in [1.54, 1.807) is 0 Å². The van der Waals surface area contributed by atoms with E-state index >= 15 is 0 Å². The summed E-state index contributed by atoms with van der Waals surface area (Å²) in [5, 5.41) is 19.2. The van der Waals surface area contributed by atoms with Gasteiger partial charge in [0.05, 0.1) is 0 Å². The Kier molecular flexibility index (Phi) is 69.6. The monoisotopic (exact) mass is 484 g/mol. The molecule has 10 nitrogen and oxygen atoms in total. The molecule has 0 heterocycles. The van der Waals surface area contributed by atoms with Gasteiger partial charge in [-0.1, -0.05) is 82.1 Å². The minimum atomic E-state index is -1.11. The molecule has 2 amide bonds. The first-order valence-corrected chi connectivity index (χ1v) is 11.9. The summed E-state index contributed by atoms with van der Waals surface area (Å²) in [6.07, 6.45) is 2.96. The molecular weight excluding hydrogens is 428 g/mol. The summed E-state index contributed by atoms with van der Waals surface area (Å²) in [6, 6.07) is -1.66.